The molecular weight excluding hydrogens is 247 g/mol. The quantitative estimate of drug-likeness (QED) is 0.760. The molecule has 1 aromatic rings. The molecular formula is C9H5F5N2O. The molecule has 0 radical (unpaired) electrons. The molecule has 17 heavy (non-hydrogen) atoms. The van der Waals surface area contributed by atoms with E-state index in [-0.39, 0.29) is 5.69 Å². The van der Waals surface area contributed by atoms with Gasteiger partial charge in [0.2, 0.25) is 0 Å². The molecule has 1 heterocycles. The van der Waals surface area contributed by atoms with Gasteiger partial charge in [-0.05, 0) is 13.0 Å². The van der Waals surface area contributed by atoms with Crippen LogP contribution in [0.3, 0.4) is 0 Å². The number of nitriles is 1. The van der Waals surface area contributed by atoms with Gasteiger partial charge in [0.1, 0.15) is 6.07 Å². The monoisotopic (exact) mass is 252 g/mol. The van der Waals surface area contributed by atoms with E-state index in [4.69, 9.17) is 5.26 Å². The summed E-state index contributed by atoms with van der Waals surface area (Å²) in [5.41, 5.74) is -1.82. The summed E-state index contributed by atoms with van der Waals surface area (Å²) in [6.07, 6.45) is -8.43. The SMILES string of the molecule is Cc1cc(C#N)c(OC(F)(F)F)c(C(F)F)n1. The molecule has 1 rings (SSSR count). The number of halogens is 5. The van der Waals surface area contributed by atoms with Crippen molar-refractivity contribution >= 4 is 0 Å². The maximum Gasteiger partial charge on any atom is 0.573 e. The van der Waals surface area contributed by atoms with Crippen LogP contribution in [0.2, 0.25) is 0 Å². The van der Waals surface area contributed by atoms with Crippen LogP contribution in [0.25, 0.3) is 0 Å². The summed E-state index contributed by atoms with van der Waals surface area (Å²) >= 11 is 0. The minimum absolute atomic E-state index is 0.00590. The van der Waals surface area contributed by atoms with Gasteiger partial charge in [0, 0.05) is 5.69 Å². The maximum atomic E-state index is 12.5. The number of nitrogens with zero attached hydrogens (tertiary/aromatic N) is 2. The summed E-state index contributed by atoms with van der Waals surface area (Å²) in [5.74, 6) is -1.25. The smallest absolute Gasteiger partial charge is 0.402 e. The zero-order valence-electron chi connectivity index (χ0n) is 8.35. The number of alkyl halides is 5. The zero-order valence-corrected chi connectivity index (χ0v) is 8.35. The van der Waals surface area contributed by atoms with Gasteiger partial charge in [0.25, 0.3) is 6.43 Å². The number of hydrogen-bond acceptors (Lipinski definition) is 3. The predicted molar refractivity (Wildman–Crippen MR) is 45.3 cm³/mol. The fraction of sp³-hybridized carbons (Fsp3) is 0.333. The Morgan fingerprint density at radius 2 is 2.00 bits per heavy atom. The minimum atomic E-state index is -5.16. The Labute approximate surface area is 92.4 Å². The Balaban J connectivity index is 3.38. The Hall–Kier alpha value is -1.91. The summed E-state index contributed by atoms with van der Waals surface area (Å²) in [7, 11) is 0. The molecule has 0 N–H and O–H groups in total. The third kappa shape index (κ3) is 3.27. The number of pyridine rings is 1. The van der Waals surface area contributed by atoms with Crippen LogP contribution in [0, 0.1) is 18.3 Å². The van der Waals surface area contributed by atoms with E-state index in [1.54, 1.807) is 0 Å². The zero-order chi connectivity index (χ0) is 13.2. The predicted octanol–water partition coefficient (Wildman–Crippen LogP) is 3.10. The summed E-state index contributed by atoms with van der Waals surface area (Å²) in [6, 6.07) is 2.29. The molecule has 0 aliphatic rings. The van der Waals surface area contributed by atoms with Crippen LogP contribution in [-0.4, -0.2) is 11.3 Å². The van der Waals surface area contributed by atoms with Gasteiger partial charge in [-0.15, -0.1) is 13.2 Å². The minimum Gasteiger partial charge on any atom is -0.402 e. The molecule has 0 saturated carbocycles. The number of aryl methyl sites for hydroxylation is 1. The van der Waals surface area contributed by atoms with Gasteiger partial charge in [-0.3, -0.25) is 0 Å². The average molecular weight is 252 g/mol. The molecule has 0 aliphatic heterocycles. The lowest BCUT2D eigenvalue weighted by molar-refractivity contribution is -0.275. The van der Waals surface area contributed by atoms with E-state index in [0.717, 1.165) is 6.07 Å². The number of hydrogen-bond donors (Lipinski definition) is 0. The molecule has 0 amide bonds. The standard InChI is InChI=1S/C9H5F5N2O/c1-4-2-5(3-15)7(17-9(12,13)14)6(16-4)8(10)11/h2,8H,1H3. The number of aromatic nitrogens is 1. The molecule has 0 saturated heterocycles. The highest BCUT2D eigenvalue weighted by atomic mass is 19.4. The van der Waals surface area contributed by atoms with E-state index in [1.807, 2.05) is 0 Å². The number of ether oxygens (including phenoxy) is 1. The molecule has 8 heteroatoms. The van der Waals surface area contributed by atoms with Crippen molar-refractivity contribution in [1.29, 1.82) is 5.26 Å². The topological polar surface area (TPSA) is 45.9 Å². The van der Waals surface area contributed by atoms with Crippen molar-refractivity contribution in [3.8, 4) is 11.8 Å². The van der Waals surface area contributed by atoms with Crippen LogP contribution in [-0.2, 0) is 0 Å². The second kappa shape index (κ2) is 4.53. The Bertz CT molecular complexity index is 464. The van der Waals surface area contributed by atoms with Crippen LogP contribution < -0.4 is 4.74 Å². The van der Waals surface area contributed by atoms with Crippen molar-refractivity contribution < 1.29 is 26.7 Å². The van der Waals surface area contributed by atoms with Crippen LogP contribution in [0.15, 0.2) is 6.07 Å². The van der Waals surface area contributed by atoms with Gasteiger partial charge in [-0.25, -0.2) is 13.8 Å². The third-order valence-corrected chi connectivity index (χ3v) is 1.67. The summed E-state index contributed by atoms with van der Waals surface area (Å²) < 4.78 is 64.4. The van der Waals surface area contributed by atoms with E-state index in [0.29, 0.717) is 0 Å². The maximum absolute atomic E-state index is 12.5. The Morgan fingerprint density at radius 1 is 1.41 bits per heavy atom. The second-order valence-corrected chi connectivity index (χ2v) is 2.99. The van der Waals surface area contributed by atoms with E-state index in [1.165, 1.54) is 13.0 Å². The lowest BCUT2D eigenvalue weighted by Crippen LogP contribution is -2.19. The second-order valence-electron chi connectivity index (χ2n) is 2.99. The summed E-state index contributed by atoms with van der Waals surface area (Å²) in [5, 5.41) is 8.58. The highest BCUT2D eigenvalue weighted by molar-refractivity contribution is 5.47. The fourth-order valence-corrected chi connectivity index (χ4v) is 1.14. The van der Waals surface area contributed by atoms with Crippen LogP contribution in [0.5, 0.6) is 5.75 Å². The molecule has 0 atom stereocenters. The molecule has 3 nitrogen and oxygen atoms in total. The highest BCUT2D eigenvalue weighted by Gasteiger charge is 2.35. The molecule has 1 aromatic heterocycles. The molecule has 0 aromatic carbocycles. The van der Waals surface area contributed by atoms with Crippen molar-refractivity contribution in [2.24, 2.45) is 0 Å². The third-order valence-electron chi connectivity index (χ3n) is 1.67. The van der Waals surface area contributed by atoms with Crippen molar-refractivity contribution in [3.05, 3.63) is 23.0 Å². The van der Waals surface area contributed by atoms with Crippen molar-refractivity contribution in [3.63, 3.8) is 0 Å². The summed E-state index contributed by atoms with van der Waals surface area (Å²) in [4.78, 5) is 3.24. The first-order chi connectivity index (χ1) is 7.74. The van der Waals surface area contributed by atoms with Gasteiger partial charge in [-0.2, -0.15) is 5.26 Å². The summed E-state index contributed by atoms with van der Waals surface area (Å²) in [6.45, 7) is 1.28. The Morgan fingerprint density at radius 3 is 2.41 bits per heavy atom. The van der Waals surface area contributed by atoms with E-state index >= 15 is 0 Å². The van der Waals surface area contributed by atoms with Gasteiger partial charge < -0.3 is 4.74 Å². The van der Waals surface area contributed by atoms with Crippen LogP contribution >= 0.6 is 0 Å². The molecule has 0 bridgehead atoms. The first-order valence-corrected chi connectivity index (χ1v) is 4.20. The largest absolute Gasteiger partial charge is 0.573 e. The van der Waals surface area contributed by atoms with Crippen molar-refractivity contribution in [1.82, 2.24) is 4.98 Å². The first kappa shape index (κ1) is 13.2. The molecule has 0 unspecified atom stereocenters. The Kier molecular flexibility index (Phi) is 3.50. The first-order valence-electron chi connectivity index (χ1n) is 4.20. The van der Waals surface area contributed by atoms with Gasteiger partial charge in [0.05, 0.1) is 5.56 Å². The molecule has 0 aliphatic carbocycles. The normalized spacial score (nSPS) is 11.4. The van der Waals surface area contributed by atoms with Gasteiger partial charge in [-0.1, -0.05) is 0 Å². The van der Waals surface area contributed by atoms with E-state index in [2.05, 4.69) is 9.72 Å². The van der Waals surface area contributed by atoms with Gasteiger partial charge in [0.15, 0.2) is 11.4 Å². The average Bonchev–Trinajstić information content (AvgIpc) is 2.17. The molecule has 0 spiro atoms. The van der Waals surface area contributed by atoms with Crippen LogP contribution in [0.4, 0.5) is 22.0 Å². The highest BCUT2D eigenvalue weighted by Crippen LogP contribution is 2.34. The number of rotatable bonds is 2. The lowest BCUT2D eigenvalue weighted by Gasteiger charge is -2.14. The van der Waals surface area contributed by atoms with Crippen molar-refractivity contribution in [2.45, 2.75) is 19.7 Å². The molecule has 92 valence electrons. The van der Waals surface area contributed by atoms with E-state index in [9.17, 15) is 22.0 Å². The van der Waals surface area contributed by atoms with Gasteiger partial charge >= 0.3 is 6.36 Å². The van der Waals surface area contributed by atoms with E-state index < -0.39 is 29.8 Å². The van der Waals surface area contributed by atoms with Crippen molar-refractivity contribution in [2.75, 3.05) is 0 Å². The van der Waals surface area contributed by atoms with Crippen LogP contribution in [0.1, 0.15) is 23.4 Å². The fourth-order valence-electron chi connectivity index (χ4n) is 1.14. The lowest BCUT2D eigenvalue weighted by atomic mass is 10.2. The molecule has 0 fully saturated rings.